The smallest absolute Gasteiger partial charge is 0.246 e. The van der Waals surface area contributed by atoms with Gasteiger partial charge in [-0.3, -0.25) is 14.3 Å². The van der Waals surface area contributed by atoms with Crippen molar-refractivity contribution in [3.05, 3.63) is 18.0 Å². The number of nitrogens with one attached hydrogen (secondary N) is 1. The molecule has 0 bridgehead atoms. The topological polar surface area (TPSA) is 67.2 Å². The minimum absolute atomic E-state index is 0.0111. The Morgan fingerprint density at radius 3 is 2.67 bits per heavy atom. The highest BCUT2D eigenvalue weighted by Gasteiger charge is 2.35. The molecule has 2 atom stereocenters. The number of carbonyl (C=O) groups is 2. The van der Waals surface area contributed by atoms with Crippen LogP contribution >= 0.6 is 0 Å². The van der Waals surface area contributed by atoms with Crippen LogP contribution in [0.2, 0.25) is 0 Å². The Labute approximate surface area is 125 Å². The lowest BCUT2D eigenvalue weighted by Crippen LogP contribution is -2.59. The fourth-order valence-corrected chi connectivity index (χ4v) is 2.43. The molecule has 0 radical (unpaired) electrons. The summed E-state index contributed by atoms with van der Waals surface area (Å²) in [5.74, 6) is 0.0312. The minimum Gasteiger partial charge on any atom is -0.342 e. The first-order valence-corrected chi connectivity index (χ1v) is 7.54. The lowest BCUT2D eigenvalue weighted by Gasteiger charge is -2.34. The number of nitrogens with zero attached hydrogens (tertiary/aromatic N) is 3. The average Bonchev–Trinajstić information content (AvgIpc) is 2.90. The van der Waals surface area contributed by atoms with Crippen LogP contribution in [0.25, 0.3) is 0 Å². The van der Waals surface area contributed by atoms with Gasteiger partial charge in [-0.05, 0) is 25.8 Å². The highest BCUT2D eigenvalue weighted by Crippen LogP contribution is 2.16. The normalized spacial score (nSPS) is 20.8. The number of carbonyl (C=O) groups excluding carboxylic acids is 2. The standard InChI is InChI=1S/C15H24N4O2/c1-5-11(4)14-15(21)18(9-13(20)16-14)8-12-6-7-19(17-12)10(2)3/h6-7,10-11,14H,5,8-9H2,1-4H3,(H,16,20). The van der Waals surface area contributed by atoms with E-state index in [1.165, 1.54) is 0 Å². The molecule has 0 aromatic carbocycles. The van der Waals surface area contributed by atoms with E-state index in [0.717, 1.165) is 12.1 Å². The molecule has 1 aliphatic rings. The van der Waals surface area contributed by atoms with Gasteiger partial charge in [0.25, 0.3) is 0 Å². The molecule has 2 unspecified atom stereocenters. The van der Waals surface area contributed by atoms with Crippen molar-refractivity contribution in [1.82, 2.24) is 20.0 Å². The summed E-state index contributed by atoms with van der Waals surface area (Å²) in [7, 11) is 0. The van der Waals surface area contributed by atoms with Crippen LogP contribution in [0, 0.1) is 5.92 Å². The fourth-order valence-electron chi connectivity index (χ4n) is 2.43. The van der Waals surface area contributed by atoms with Gasteiger partial charge in [0.15, 0.2) is 0 Å². The predicted octanol–water partition coefficient (Wildman–Crippen LogP) is 1.34. The van der Waals surface area contributed by atoms with E-state index in [1.54, 1.807) is 4.90 Å². The lowest BCUT2D eigenvalue weighted by molar-refractivity contribution is -0.146. The first-order chi connectivity index (χ1) is 9.92. The lowest BCUT2D eigenvalue weighted by atomic mass is 9.96. The van der Waals surface area contributed by atoms with E-state index in [0.29, 0.717) is 6.54 Å². The van der Waals surface area contributed by atoms with Crippen LogP contribution in [-0.2, 0) is 16.1 Å². The monoisotopic (exact) mass is 292 g/mol. The SMILES string of the molecule is CCC(C)C1NC(=O)CN(Cc2ccn(C(C)C)n2)C1=O. The summed E-state index contributed by atoms with van der Waals surface area (Å²) in [6, 6.07) is 1.77. The molecule has 0 spiro atoms. The van der Waals surface area contributed by atoms with Crippen LogP contribution in [-0.4, -0.2) is 39.1 Å². The van der Waals surface area contributed by atoms with Crippen molar-refractivity contribution in [2.75, 3.05) is 6.54 Å². The molecule has 2 amide bonds. The molecule has 116 valence electrons. The van der Waals surface area contributed by atoms with Crippen LogP contribution in [0.3, 0.4) is 0 Å². The highest BCUT2D eigenvalue weighted by molar-refractivity contribution is 5.94. The van der Waals surface area contributed by atoms with E-state index in [9.17, 15) is 9.59 Å². The zero-order valence-electron chi connectivity index (χ0n) is 13.2. The van der Waals surface area contributed by atoms with Crippen molar-refractivity contribution in [3.63, 3.8) is 0 Å². The second kappa shape index (κ2) is 6.28. The summed E-state index contributed by atoms with van der Waals surface area (Å²) in [4.78, 5) is 25.9. The van der Waals surface area contributed by atoms with E-state index in [4.69, 9.17) is 0 Å². The van der Waals surface area contributed by atoms with Crippen LogP contribution in [0.15, 0.2) is 12.3 Å². The van der Waals surface area contributed by atoms with Crippen LogP contribution in [0.4, 0.5) is 0 Å². The van der Waals surface area contributed by atoms with Crippen molar-refractivity contribution in [2.24, 2.45) is 5.92 Å². The van der Waals surface area contributed by atoms with Crippen LogP contribution in [0.1, 0.15) is 45.9 Å². The molecule has 6 heteroatoms. The van der Waals surface area contributed by atoms with Crippen molar-refractivity contribution in [2.45, 2.75) is 52.7 Å². The molecule has 6 nitrogen and oxygen atoms in total. The fraction of sp³-hybridized carbons (Fsp3) is 0.667. The Kier molecular flexibility index (Phi) is 4.65. The van der Waals surface area contributed by atoms with Crippen molar-refractivity contribution >= 4 is 11.8 Å². The second-order valence-electron chi connectivity index (χ2n) is 6.01. The van der Waals surface area contributed by atoms with Gasteiger partial charge in [-0.1, -0.05) is 20.3 Å². The third kappa shape index (κ3) is 3.43. The summed E-state index contributed by atoms with van der Waals surface area (Å²) in [5, 5.41) is 7.24. The van der Waals surface area contributed by atoms with Gasteiger partial charge < -0.3 is 10.2 Å². The number of rotatable bonds is 5. The summed E-state index contributed by atoms with van der Waals surface area (Å²) in [5.41, 5.74) is 0.814. The molecule has 1 N–H and O–H groups in total. The van der Waals surface area contributed by atoms with E-state index >= 15 is 0 Å². The summed E-state index contributed by atoms with van der Waals surface area (Å²) >= 11 is 0. The molecule has 1 aromatic heterocycles. The molecule has 1 saturated heterocycles. The maximum absolute atomic E-state index is 12.5. The van der Waals surface area contributed by atoms with Gasteiger partial charge in [-0.25, -0.2) is 0 Å². The number of hydrogen-bond donors (Lipinski definition) is 1. The van der Waals surface area contributed by atoms with Crippen molar-refractivity contribution < 1.29 is 9.59 Å². The van der Waals surface area contributed by atoms with Crippen molar-refractivity contribution in [1.29, 1.82) is 0 Å². The Balaban J connectivity index is 2.10. The number of hydrogen-bond acceptors (Lipinski definition) is 3. The Bertz CT molecular complexity index is 523. The Morgan fingerprint density at radius 2 is 2.10 bits per heavy atom. The van der Waals surface area contributed by atoms with Gasteiger partial charge in [0.2, 0.25) is 11.8 Å². The summed E-state index contributed by atoms with van der Waals surface area (Å²) in [6.07, 6.45) is 2.76. The Morgan fingerprint density at radius 1 is 1.38 bits per heavy atom. The van der Waals surface area contributed by atoms with Crippen LogP contribution < -0.4 is 5.32 Å². The van der Waals surface area contributed by atoms with Gasteiger partial charge in [-0.2, -0.15) is 5.10 Å². The molecule has 2 rings (SSSR count). The summed E-state index contributed by atoms with van der Waals surface area (Å²) in [6.45, 7) is 8.61. The minimum atomic E-state index is -0.413. The molecule has 0 saturated carbocycles. The van der Waals surface area contributed by atoms with Gasteiger partial charge in [0, 0.05) is 12.2 Å². The third-order valence-electron chi connectivity index (χ3n) is 3.99. The van der Waals surface area contributed by atoms with E-state index in [2.05, 4.69) is 24.3 Å². The first-order valence-electron chi connectivity index (χ1n) is 7.54. The highest BCUT2D eigenvalue weighted by atomic mass is 16.2. The second-order valence-corrected chi connectivity index (χ2v) is 6.01. The van der Waals surface area contributed by atoms with E-state index < -0.39 is 6.04 Å². The summed E-state index contributed by atoms with van der Waals surface area (Å²) < 4.78 is 1.86. The molecular formula is C15H24N4O2. The van der Waals surface area contributed by atoms with Crippen molar-refractivity contribution in [3.8, 4) is 0 Å². The van der Waals surface area contributed by atoms with Gasteiger partial charge in [-0.15, -0.1) is 0 Å². The first kappa shape index (κ1) is 15.5. The molecular weight excluding hydrogens is 268 g/mol. The van der Waals surface area contributed by atoms with Gasteiger partial charge in [0.1, 0.15) is 12.6 Å². The molecule has 2 heterocycles. The maximum atomic E-state index is 12.5. The number of amides is 2. The molecule has 1 aromatic rings. The molecule has 1 aliphatic heterocycles. The average molecular weight is 292 g/mol. The largest absolute Gasteiger partial charge is 0.342 e. The molecule has 0 aliphatic carbocycles. The quantitative estimate of drug-likeness (QED) is 0.890. The maximum Gasteiger partial charge on any atom is 0.246 e. The van der Waals surface area contributed by atoms with Gasteiger partial charge in [0.05, 0.1) is 12.2 Å². The van der Waals surface area contributed by atoms with Crippen LogP contribution in [0.5, 0.6) is 0 Å². The zero-order chi connectivity index (χ0) is 15.6. The van der Waals surface area contributed by atoms with E-state index in [-0.39, 0.29) is 30.3 Å². The number of piperazine rings is 1. The van der Waals surface area contributed by atoms with E-state index in [1.807, 2.05) is 30.8 Å². The molecule has 1 fully saturated rings. The predicted molar refractivity (Wildman–Crippen MR) is 79.4 cm³/mol. The molecule has 21 heavy (non-hydrogen) atoms. The third-order valence-corrected chi connectivity index (χ3v) is 3.99. The van der Waals surface area contributed by atoms with Gasteiger partial charge >= 0.3 is 0 Å². The zero-order valence-corrected chi connectivity index (χ0v) is 13.2. The Hall–Kier alpha value is -1.85. The number of aromatic nitrogens is 2.